The highest BCUT2D eigenvalue weighted by molar-refractivity contribution is 5.79. The SMILES string of the molecule is CN(Cc1ncccn1)C1CCN(C(=O)Cc2cccc(F)c2)C1. The molecule has 1 atom stereocenters. The van der Waals surface area contributed by atoms with Crippen molar-refractivity contribution in [1.29, 1.82) is 0 Å². The molecule has 1 aliphatic heterocycles. The molecule has 6 heteroatoms. The summed E-state index contributed by atoms with van der Waals surface area (Å²) in [6.45, 7) is 2.09. The monoisotopic (exact) mass is 328 g/mol. The van der Waals surface area contributed by atoms with Crippen molar-refractivity contribution in [2.45, 2.75) is 25.4 Å². The summed E-state index contributed by atoms with van der Waals surface area (Å²) in [6.07, 6.45) is 4.65. The Morgan fingerprint density at radius 1 is 1.33 bits per heavy atom. The largest absolute Gasteiger partial charge is 0.341 e. The van der Waals surface area contributed by atoms with Gasteiger partial charge in [-0.05, 0) is 37.2 Å². The Morgan fingerprint density at radius 2 is 2.12 bits per heavy atom. The third-order valence-electron chi connectivity index (χ3n) is 4.39. The lowest BCUT2D eigenvalue weighted by Crippen LogP contribution is -2.37. The van der Waals surface area contributed by atoms with Crippen LogP contribution in [0, 0.1) is 5.82 Å². The molecule has 1 aromatic heterocycles. The third-order valence-corrected chi connectivity index (χ3v) is 4.39. The first-order chi connectivity index (χ1) is 11.6. The summed E-state index contributed by atoms with van der Waals surface area (Å²) in [6, 6.07) is 8.33. The number of halogens is 1. The average Bonchev–Trinajstić information content (AvgIpc) is 3.06. The Kier molecular flexibility index (Phi) is 5.15. The predicted molar refractivity (Wildman–Crippen MR) is 88.6 cm³/mol. The van der Waals surface area contributed by atoms with Crippen LogP contribution in [0.2, 0.25) is 0 Å². The molecule has 1 saturated heterocycles. The molecule has 0 N–H and O–H groups in total. The number of carbonyl (C=O) groups is 1. The first-order valence-electron chi connectivity index (χ1n) is 8.10. The number of hydrogen-bond donors (Lipinski definition) is 0. The maximum atomic E-state index is 13.2. The van der Waals surface area contributed by atoms with Gasteiger partial charge in [0.05, 0.1) is 13.0 Å². The molecule has 1 aromatic carbocycles. The first kappa shape index (κ1) is 16.5. The van der Waals surface area contributed by atoms with Crippen LogP contribution in [0.4, 0.5) is 4.39 Å². The van der Waals surface area contributed by atoms with Gasteiger partial charge in [-0.1, -0.05) is 12.1 Å². The Bertz CT molecular complexity index is 694. The van der Waals surface area contributed by atoms with Crippen molar-refractivity contribution in [1.82, 2.24) is 19.8 Å². The predicted octanol–water partition coefficient (Wildman–Crippen LogP) is 1.89. The van der Waals surface area contributed by atoms with E-state index in [4.69, 9.17) is 0 Å². The van der Waals surface area contributed by atoms with Gasteiger partial charge in [-0.3, -0.25) is 9.69 Å². The van der Waals surface area contributed by atoms with E-state index in [1.165, 1.54) is 12.1 Å². The normalized spacial score (nSPS) is 17.5. The van der Waals surface area contributed by atoms with Gasteiger partial charge in [-0.25, -0.2) is 14.4 Å². The number of benzene rings is 1. The van der Waals surface area contributed by atoms with Crippen LogP contribution in [-0.2, 0) is 17.8 Å². The highest BCUT2D eigenvalue weighted by Crippen LogP contribution is 2.17. The number of carbonyl (C=O) groups excluding carboxylic acids is 1. The first-order valence-corrected chi connectivity index (χ1v) is 8.10. The molecule has 0 saturated carbocycles. The molecule has 0 aliphatic carbocycles. The summed E-state index contributed by atoms with van der Waals surface area (Å²) in [5, 5.41) is 0. The zero-order valence-corrected chi connectivity index (χ0v) is 13.7. The number of likely N-dealkylation sites (tertiary alicyclic amines) is 1. The van der Waals surface area contributed by atoms with Crippen molar-refractivity contribution < 1.29 is 9.18 Å². The Morgan fingerprint density at radius 3 is 2.88 bits per heavy atom. The summed E-state index contributed by atoms with van der Waals surface area (Å²) in [4.78, 5) is 24.9. The lowest BCUT2D eigenvalue weighted by atomic mass is 10.1. The topological polar surface area (TPSA) is 49.3 Å². The van der Waals surface area contributed by atoms with Crippen molar-refractivity contribution in [3.8, 4) is 0 Å². The zero-order valence-electron chi connectivity index (χ0n) is 13.7. The fourth-order valence-corrected chi connectivity index (χ4v) is 3.03. The van der Waals surface area contributed by atoms with Gasteiger partial charge >= 0.3 is 0 Å². The zero-order chi connectivity index (χ0) is 16.9. The van der Waals surface area contributed by atoms with Crippen LogP contribution in [0.25, 0.3) is 0 Å². The van der Waals surface area contributed by atoms with E-state index in [-0.39, 0.29) is 18.1 Å². The molecule has 0 spiro atoms. The fraction of sp³-hybridized carbons (Fsp3) is 0.389. The summed E-state index contributed by atoms with van der Waals surface area (Å²) in [5.41, 5.74) is 0.717. The van der Waals surface area contributed by atoms with Crippen molar-refractivity contribution in [2.24, 2.45) is 0 Å². The highest BCUT2D eigenvalue weighted by atomic mass is 19.1. The molecule has 5 nitrogen and oxygen atoms in total. The second kappa shape index (κ2) is 7.49. The van der Waals surface area contributed by atoms with E-state index in [1.807, 2.05) is 11.9 Å². The minimum Gasteiger partial charge on any atom is -0.341 e. The molecule has 24 heavy (non-hydrogen) atoms. The van der Waals surface area contributed by atoms with Crippen LogP contribution < -0.4 is 0 Å². The molecule has 126 valence electrons. The van der Waals surface area contributed by atoms with E-state index in [0.29, 0.717) is 19.1 Å². The molecule has 1 aliphatic rings. The maximum Gasteiger partial charge on any atom is 0.227 e. The molecule has 0 radical (unpaired) electrons. The van der Waals surface area contributed by atoms with Gasteiger partial charge in [0, 0.05) is 31.5 Å². The van der Waals surface area contributed by atoms with E-state index in [9.17, 15) is 9.18 Å². The number of rotatable bonds is 5. The fourth-order valence-electron chi connectivity index (χ4n) is 3.03. The van der Waals surface area contributed by atoms with E-state index in [1.54, 1.807) is 30.6 Å². The number of amides is 1. The van der Waals surface area contributed by atoms with Crippen molar-refractivity contribution in [3.05, 3.63) is 59.9 Å². The van der Waals surface area contributed by atoms with Crippen LogP contribution in [0.3, 0.4) is 0 Å². The van der Waals surface area contributed by atoms with Gasteiger partial charge in [0.15, 0.2) is 0 Å². The van der Waals surface area contributed by atoms with Gasteiger partial charge in [0.1, 0.15) is 11.6 Å². The van der Waals surface area contributed by atoms with Crippen LogP contribution in [-0.4, -0.2) is 51.9 Å². The molecule has 1 unspecified atom stereocenters. The number of likely N-dealkylation sites (N-methyl/N-ethyl adjacent to an activating group) is 1. The molecule has 0 bridgehead atoms. The second-order valence-electron chi connectivity index (χ2n) is 6.17. The standard InChI is InChI=1S/C18H21FN4O/c1-22(13-17-20-7-3-8-21-17)16-6-9-23(12-16)18(24)11-14-4-2-5-15(19)10-14/h2-5,7-8,10,16H,6,9,11-13H2,1H3. The van der Waals surface area contributed by atoms with E-state index in [0.717, 1.165) is 24.4 Å². The minimum absolute atomic E-state index is 0.0486. The molecular weight excluding hydrogens is 307 g/mol. The van der Waals surface area contributed by atoms with Gasteiger partial charge in [-0.2, -0.15) is 0 Å². The molecule has 2 heterocycles. The van der Waals surface area contributed by atoms with Crippen molar-refractivity contribution in [3.63, 3.8) is 0 Å². The van der Waals surface area contributed by atoms with Gasteiger partial charge < -0.3 is 4.90 Å². The third kappa shape index (κ3) is 4.14. The second-order valence-corrected chi connectivity index (χ2v) is 6.17. The summed E-state index contributed by atoms with van der Waals surface area (Å²) in [5.74, 6) is 0.527. The average molecular weight is 328 g/mol. The Labute approximate surface area is 141 Å². The van der Waals surface area contributed by atoms with E-state index >= 15 is 0 Å². The molecule has 3 rings (SSSR count). The van der Waals surface area contributed by atoms with Crippen molar-refractivity contribution >= 4 is 5.91 Å². The number of hydrogen-bond acceptors (Lipinski definition) is 4. The van der Waals surface area contributed by atoms with Gasteiger partial charge in [0.2, 0.25) is 5.91 Å². The molecule has 1 amide bonds. The molecule has 2 aromatic rings. The van der Waals surface area contributed by atoms with E-state index < -0.39 is 0 Å². The number of aromatic nitrogens is 2. The lowest BCUT2D eigenvalue weighted by molar-refractivity contribution is -0.129. The summed E-state index contributed by atoms with van der Waals surface area (Å²) >= 11 is 0. The highest BCUT2D eigenvalue weighted by Gasteiger charge is 2.29. The molecular formula is C18H21FN4O. The van der Waals surface area contributed by atoms with Crippen LogP contribution >= 0.6 is 0 Å². The summed E-state index contributed by atoms with van der Waals surface area (Å²) < 4.78 is 13.2. The number of nitrogens with zero attached hydrogens (tertiary/aromatic N) is 4. The van der Waals surface area contributed by atoms with E-state index in [2.05, 4.69) is 14.9 Å². The quantitative estimate of drug-likeness (QED) is 0.841. The van der Waals surface area contributed by atoms with Gasteiger partial charge in [0.25, 0.3) is 0 Å². The minimum atomic E-state index is -0.304. The Hall–Kier alpha value is -2.34. The Balaban J connectivity index is 1.53. The van der Waals surface area contributed by atoms with Gasteiger partial charge in [-0.15, -0.1) is 0 Å². The van der Waals surface area contributed by atoms with Crippen LogP contribution in [0.15, 0.2) is 42.7 Å². The van der Waals surface area contributed by atoms with Crippen LogP contribution in [0.1, 0.15) is 17.8 Å². The molecule has 1 fully saturated rings. The lowest BCUT2D eigenvalue weighted by Gasteiger charge is -2.24. The summed E-state index contributed by atoms with van der Waals surface area (Å²) in [7, 11) is 2.03. The van der Waals surface area contributed by atoms with Crippen molar-refractivity contribution in [2.75, 3.05) is 20.1 Å². The smallest absolute Gasteiger partial charge is 0.227 e. The van der Waals surface area contributed by atoms with Crippen LogP contribution in [0.5, 0.6) is 0 Å². The maximum absolute atomic E-state index is 13.2.